The molecule has 0 spiro atoms. The first-order valence-corrected chi connectivity index (χ1v) is 13.6. The molecule has 1 aliphatic carbocycles. The number of benzene rings is 2. The van der Waals surface area contributed by atoms with E-state index in [0.29, 0.717) is 36.0 Å². The molecule has 2 aromatic carbocycles. The molecule has 0 unspecified atom stereocenters. The van der Waals surface area contributed by atoms with E-state index in [1.165, 1.54) is 0 Å². The van der Waals surface area contributed by atoms with Crippen molar-refractivity contribution in [1.29, 1.82) is 0 Å². The average Bonchev–Trinajstić information content (AvgIpc) is 3.51. The van der Waals surface area contributed by atoms with Gasteiger partial charge in [-0.25, -0.2) is 4.39 Å². The molecule has 1 saturated carbocycles. The molecule has 3 N–H and O–H groups in total. The van der Waals surface area contributed by atoms with Crippen LogP contribution in [0.4, 0.5) is 10.1 Å². The van der Waals surface area contributed by atoms with E-state index in [9.17, 15) is 9.90 Å². The second-order valence-electron chi connectivity index (χ2n) is 11.0. The Morgan fingerprint density at radius 2 is 1.92 bits per heavy atom. The maximum atomic E-state index is 15.7. The number of carbonyl (C=O) groups is 1. The summed E-state index contributed by atoms with van der Waals surface area (Å²) in [5.74, 6) is -0.156. The number of halogens is 1. The van der Waals surface area contributed by atoms with Gasteiger partial charge in [0.1, 0.15) is 12.4 Å². The largest absolute Gasteiger partial charge is 0.491 e. The third-order valence-corrected chi connectivity index (χ3v) is 8.14. The van der Waals surface area contributed by atoms with Gasteiger partial charge in [-0.3, -0.25) is 4.79 Å². The fourth-order valence-electron chi connectivity index (χ4n) is 5.63. The number of amides is 1. The maximum Gasteiger partial charge on any atom is 0.255 e. The Morgan fingerprint density at radius 3 is 2.61 bits per heavy atom. The summed E-state index contributed by atoms with van der Waals surface area (Å²) in [6.07, 6.45) is 5.58. The molecule has 1 aliphatic heterocycles. The number of aryl methyl sites for hydroxylation is 2. The second-order valence-corrected chi connectivity index (χ2v) is 11.0. The first kappa shape index (κ1) is 26.7. The van der Waals surface area contributed by atoms with Crippen molar-refractivity contribution < 1.29 is 23.8 Å². The predicted molar refractivity (Wildman–Crippen MR) is 146 cm³/mol. The van der Waals surface area contributed by atoms with Crippen LogP contribution < -0.4 is 15.4 Å². The van der Waals surface area contributed by atoms with Crippen molar-refractivity contribution in [2.24, 2.45) is 7.05 Å². The van der Waals surface area contributed by atoms with Crippen LogP contribution in [0.1, 0.15) is 67.1 Å². The number of nitrogens with one attached hydrogen (secondary N) is 2. The molecule has 2 aliphatic rings. The molecule has 8 heteroatoms. The number of rotatable bonds is 8. The van der Waals surface area contributed by atoms with Gasteiger partial charge in [0.05, 0.1) is 22.9 Å². The van der Waals surface area contributed by atoms with E-state index in [1.807, 2.05) is 31.5 Å². The molecule has 5 rings (SSSR count). The van der Waals surface area contributed by atoms with Gasteiger partial charge in [-0.15, -0.1) is 0 Å². The van der Waals surface area contributed by atoms with E-state index in [0.717, 1.165) is 61.8 Å². The third-order valence-electron chi connectivity index (χ3n) is 8.14. The Balaban J connectivity index is 1.25. The van der Waals surface area contributed by atoms with Crippen molar-refractivity contribution >= 4 is 22.5 Å². The number of hydrogen-bond acceptors (Lipinski definition) is 5. The standard InChI is InChI=1S/C30H38FN3O4/c1-19-24-10-11-25(33-29(35)20-6-8-22(9-7-20)38-18-23-5-4-16-37-23)27(31)28(24)34(3)26(19)17-32-21-12-14-30(2,36)15-13-21/h6-11,21,23,32,36H,4-5,12-18H2,1-3H3,(H,33,35)/t21?,23-,30?/m0/s1. The summed E-state index contributed by atoms with van der Waals surface area (Å²) in [7, 11) is 1.86. The van der Waals surface area contributed by atoms with E-state index in [-0.39, 0.29) is 17.7 Å². The van der Waals surface area contributed by atoms with Gasteiger partial charge in [-0.05, 0) is 88.3 Å². The summed E-state index contributed by atoms with van der Waals surface area (Å²) in [4.78, 5) is 12.9. The minimum absolute atomic E-state index is 0.123. The number of fused-ring (bicyclic) bond motifs is 1. The number of anilines is 1. The van der Waals surface area contributed by atoms with Crippen molar-refractivity contribution in [2.75, 3.05) is 18.5 Å². The number of carbonyl (C=O) groups excluding carboxylic acids is 1. The first-order valence-electron chi connectivity index (χ1n) is 13.6. The number of aliphatic hydroxyl groups is 1. The van der Waals surface area contributed by atoms with Crippen LogP contribution in [0.3, 0.4) is 0 Å². The molecule has 1 saturated heterocycles. The molecule has 1 atom stereocenters. The third kappa shape index (κ3) is 5.72. The molecule has 2 heterocycles. The lowest BCUT2D eigenvalue weighted by Crippen LogP contribution is -2.39. The lowest BCUT2D eigenvalue weighted by Gasteiger charge is -2.33. The fourth-order valence-corrected chi connectivity index (χ4v) is 5.63. The van der Waals surface area contributed by atoms with Gasteiger partial charge in [-0.1, -0.05) is 6.07 Å². The molecular weight excluding hydrogens is 485 g/mol. The smallest absolute Gasteiger partial charge is 0.255 e. The Labute approximate surface area is 223 Å². The van der Waals surface area contributed by atoms with Gasteiger partial charge >= 0.3 is 0 Å². The van der Waals surface area contributed by atoms with Crippen LogP contribution in [0.15, 0.2) is 36.4 Å². The fraction of sp³-hybridized carbons (Fsp3) is 0.500. The molecule has 204 valence electrons. The lowest BCUT2D eigenvalue weighted by atomic mass is 9.83. The molecule has 38 heavy (non-hydrogen) atoms. The van der Waals surface area contributed by atoms with Crippen LogP contribution in [0, 0.1) is 12.7 Å². The zero-order chi connectivity index (χ0) is 26.9. The van der Waals surface area contributed by atoms with Crippen molar-refractivity contribution in [3.63, 3.8) is 0 Å². The van der Waals surface area contributed by atoms with Crippen molar-refractivity contribution in [3.8, 4) is 5.75 Å². The highest BCUT2D eigenvalue weighted by Crippen LogP contribution is 2.32. The highest BCUT2D eigenvalue weighted by molar-refractivity contribution is 6.05. The summed E-state index contributed by atoms with van der Waals surface area (Å²) in [5.41, 5.74) is 2.51. The van der Waals surface area contributed by atoms with E-state index in [4.69, 9.17) is 9.47 Å². The molecule has 3 aromatic rings. The zero-order valence-electron chi connectivity index (χ0n) is 22.5. The lowest BCUT2D eigenvalue weighted by molar-refractivity contribution is 0.0139. The van der Waals surface area contributed by atoms with Crippen LogP contribution in [-0.2, 0) is 18.3 Å². The Hall–Kier alpha value is -2.94. The van der Waals surface area contributed by atoms with Crippen LogP contribution in [0.25, 0.3) is 10.9 Å². The van der Waals surface area contributed by atoms with Gasteiger partial charge in [-0.2, -0.15) is 0 Å². The minimum atomic E-state index is -0.571. The van der Waals surface area contributed by atoms with Gasteiger partial charge in [0.2, 0.25) is 0 Å². The Morgan fingerprint density at radius 1 is 1.18 bits per heavy atom. The van der Waals surface area contributed by atoms with Gasteiger partial charge in [0.25, 0.3) is 5.91 Å². The summed E-state index contributed by atoms with van der Waals surface area (Å²) >= 11 is 0. The van der Waals surface area contributed by atoms with Crippen LogP contribution in [-0.4, -0.2) is 46.5 Å². The first-order chi connectivity index (χ1) is 18.2. The predicted octanol–water partition coefficient (Wildman–Crippen LogP) is 5.22. The van der Waals surface area contributed by atoms with Crippen LogP contribution in [0.2, 0.25) is 0 Å². The summed E-state index contributed by atoms with van der Waals surface area (Å²) in [6, 6.07) is 10.7. The normalized spacial score (nSPS) is 23.6. The van der Waals surface area contributed by atoms with Crippen LogP contribution in [0.5, 0.6) is 5.75 Å². The average molecular weight is 524 g/mol. The quantitative estimate of drug-likeness (QED) is 0.377. The minimum Gasteiger partial charge on any atom is -0.491 e. The number of nitrogens with zero attached hydrogens (tertiary/aromatic N) is 1. The Bertz CT molecular complexity index is 1290. The van der Waals surface area contributed by atoms with Crippen molar-refractivity contribution in [2.45, 2.75) is 76.7 Å². The van der Waals surface area contributed by atoms with Crippen LogP contribution >= 0.6 is 0 Å². The number of ether oxygens (including phenoxy) is 2. The maximum absolute atomic E-state index is 15.7. The molecule has 7 nitrogen and oxygen atoms in total. The van der Waals surface area contributed by atoms with Crippen molar-refractivity contribution in [1.82, 2.24) is 9.88 Å². The molecule has 1 amide bonds. The topological polar surface area (TPSA) is 84.8 Å². The summed E-state index contributed by atoms with van der Waals surface area (Å²) in [5, 5.41) is 17.4. The molecule has 0 bridgehead atoms. The number of aromatic nitrogens is 1. The zero-order valence-corrected chi connectivity index (χ0v) is 22.5. The summed E-state index contributed by atoms with van der Waals surface area (Å²) < 4.78 is 28.9. The van der Waals surface area contributed by atoms with Gasteiger partial charge < -0.3 is 29.8 Å². The SMILES string of the molecule is Cc1c(CNC2CCC(C)(O)CC2)n(C)c2c(F)c(NC(=O)c3ccc(OC[C@@H]4CCCO4)cc3)ccc12. The number of hydrogen-bond donors (Lipinski definition) is 3. The van der Waals surface area contributed by atoms with Crippen molar-refractivity contribution in [3.05, 3.63) is 59.0 Å². The van der Waals surface area contributed by atoms with Gasteiger partial charge in [0, 0.05) is 42.9 Å². The highest BCUT2D eigenvalue weighted by Gasteiger charge is 2.29. The molecule has 1 aromatic heterocycles. The van der Waals surface area contributed by atoms with E-state index in [2.05, 4.69) is 10.6 Å². The second kappa shape index (κ2) is 11.0. The monoisotopic (exact) mass is 523 g/mol. The van der Waals surface area contributed by atoms with E-state index >= 15 is 4.39 Å². The molecule has 0 radical (unpaired) electrons. The summed E-state index contributed by atoms with van der Waals surface area (Å²) in [6.45, 7) is 5.79. The highest BCUT2D eigenvalue weighted by atomic mass is 19.1. The Kier molecular flexibility index (Phi) is 7.75. The van der Waals surface area contributed by atoms with Gasteiger partial charge in [0.15, 0.2) is 5.82 Å². The van der Waals surface area contributed by atoms with E-state index < -0.39 is 11.4 Å². The van der Waals surface area contributed by atoms with E-state index in [1.54, 1.807) is 30.3 Å². The molecule has 2 fully saturated rings. The molecular formula is C30H38FN3O4.